The van der Waals surface area contributed by atoms with Crippen molar-refractivity contribution in [1.82, 2.24) is 10.6 Å². The standard InChI is InChI=1S/C22H27N3O2S/c1-16(2)15-20(26)24-22(28)25(3)19-12-8-7-11-18(19)21(27)23-14-13-17-9-5-4-6-10-17/h4-12,16H,13-15H2,1-3H3,(H,23,27)(H,24,26,28). The van der Waals surface area contributed by atoms with E-state index in [1.807, 2.05) is 62.4 Å². The first-order valence-electron chi connectivity index (χ1n) is 9.37. The predicted octanol–water partition coefficient (Wildman–Crippen LogP) is 3.54. The molecule has 28 heavy (non-hydrogen) atoms. The van der Waals surface area contributed by atoms with Gasteiger partial charge in [0.1, 0.15) is 0 Å². The summed E-state index contributed by atoms with van der Waals surface area (Å²) in [6.45, 7) is 4.49. The summed E-state index contributed by atoms with van der Waals surface area (Å²) >= 11 is 5.35. The van der Waals surface area contributed by atoms with Crippen LogP contribution in [0.1, 0.15) is 36.2 Å². The minimum atomic E-state index is -0.172. The number of carbonyl (C=O) groups excluding carboxylic acids is 2. The second-order valence-electron chi connectivity index (χ2n) is 7.02. The number of para-hydroxylation sites is 1. The summed E-state index contributed by atoms with van der Waals surface area (Å²) in [5, 5.41) is 5.95. The Morgan fingerprint density at radius 1 is 1.04 bits per heavy atom. The molecule has 0 bridgehead atoms. The van der Waals surface area contributed by atoms with Gasteiger partial charge in [-0.25, -0.2) is 0 Å². The molecule has 0 aromatic heterocycles. The van der Waals surface area contributed by atoms with Crippen LogP contribution in [0.3, 0.4) is 0 Å². The van der Waals surface area contributed by atoms with Crippen LogP contribution in [-0.2, 0) is 11.2 Å². The van der Waals surface area contributed by atoms with Gasteiger partial charge in [0.25, 0.3) is 5.91 Å². The van der Waals surface area contributed by atoms with E-state index in [1.165, 1.54) is 5.56 Å². The summed E-state index contributed by atoms with van der Waals surface area (Å²) in [6, 6.07) is 17.2. The average Bonchev–Trinajstić information content (AvgIpc) is 2.67. The molecule has 0 spiro atoms. The first-order chi connectivity index (χ1) is 13.4. The molecular weight excluding hydrogens is 370 g/mol. The van der Waals surface area contributed by atoms with Crippen molar-refractivity contribution < 1.29 is 9.59 Å². The zero-order valence-corrected chi connectivity index (χ0v) is 17.4. The smallest absolute Gasteiger partial charge is 0.253 e. The Bertz CT molecular complexity index is 822. The summed E-state index contributed by atoms with van der Waals surface area (Å²) in [4.78, 5) is 26.3. The minimum Gasteiger partial charge on any atom is -0.352 e. The number of thiocarbonyl (C=S) groups is 1. The maximum Gasteiger partial charge on any atom is 0.253 e. The van der Waals surface area contributed by atoms with Crippen molar-refractivity contribution in [3.05, 3.63) is 65.7 Å². The molecule has 0 saturated heterocycles. The van der Waals surface area contributed by atoms with Gasteiger partial charge >= 0.3 is 0 Å². The molecule has 2 aromatic rings. The van der Waals surface area contributed by atoms with Gasteiger partial charge in [0.15, 0.2) is 5.11 Å². The van der Waals surface area contributed by atoms with Crippen molar-refractivity contribution in [2.75, 3.05) is 18.5 Å². The molecule has 0 aliphatic carbocycles. The lowest BCUT2D eigenvalue weighted by Gasteiger charge is -2.23. The van der Waals surface area contributed by atoms with E-state index in [2.05, 4.69) is 10.6 Å². The Hall–Kier alpha value is -2.73. The Morgan fingerprint density at radius 3 is 2.36 bits per heavy atom. The fraction of sp³-hybridized carbons (Fsp3) is 0.318. The van der Waals surface area contributed by atoms with Crippen LogP contribution < -0.4 is 15.5 Å². The predicted molar refractivity (Wildman–Crippen MR) is 118 cm³/mol. The summed E-state index contributed by atoms with van der Waals surface area (Å²) in [7, 11) is 1.74. The second kappa shape index (κ2) is 10.6. The van der Waals surface area contributed by atoms with Crippen LogP contribution >= 0.6 is 12.2 Å². The molecule has 0 atom stereocenters. The second-order valence-corrected chi connectivity index (χ2v) is 7.41. The molecule has 0 aliphatic heterocycles. The van der Waals surface area contributed by atoms with E-state index in [9.17, 15) is 9.59 Å². The highest BCUT2D eigenvalue weighted by atomic mass is 32.1. The van der Waals surface area contributed by atoms with E-state index in [0.717, 1.165) is 6.42 Å². The van der Waals surface area contributed by atoms with Gasteiger partial charge < -0.3 is 15.5 Å². The van der Waals surface area contributed by atoms with Crippen molar-refractivity contribution in [3.8, 4) is 0 Å². The highest BCUT2D eigenvalue weighted by Gasteiger charge is 2.17. The van der Waals surface area contributed by atoms with Crippen molar-refractivity contribution >= 4 is 34.8 Å². The van der Waals surface area contributed by atoms with Crippen LogP contribution in [0.15, 0.2) is 54.6 Å². The third-order valence-corrected chi connectivity index (χ3v) is 4.57. The summed E-state index contributed by atoms with van der Waals surface area (Å²) in [5.41, 5.74) is 2.33. The number of amides is 2. The van der Waals surface area contributed by atoms with Gasteiger partial charge in [-0.15, -0.1) is 0 Å². The largest absolute Gasteiger partial charge is 0.352 e. The molecule has 2 N–H and O–H groups in total. The van der Waals surface area contributed by atoms with E-state index in [4.69, 9.17) is 12.2 Å². The van der Waals surface area contributed by atoms with E-state index in [1.54, 1.807) is 18.0 Å². The van der Waals surface area contributed by atoms with Gasteiger partial charge in [0, 0.05) is 20.0 Å². The first-order valence-corrected chi connectivity index (χ1v) is 9.78. The Kier molecular flexibility index (Phi) is 8.14. The number of benzene rings is 2. The molecule has 148 valence electrons. The van der Waals surface area contributed by atoms with Crippen molar-refractivity contribution in [3.63, 3.8) is 0 Å². The Labute approximate surface area is 172 Å². The van der Waals surface area contributed by atoms with Crippen molar-refractivity contribution in [2.45, 2.75) is 26.7 Å². The maximum absolute atomic E-state index is 12.7. The van der Waals surface area contributed by atoms with Crippen molar-refractivity contribution in [2.24, 2.45) is 5.92 Å². The molecule has 6 heteroatoms. The number of carbonyl (C=O) groups is 2. The SMILES string of the molecule is CC(C)CC(=O)NC(=S)N(C)c1ccccc1C(=O)NCCc1ccccc1. The number of hydrogen-bond donors (Lipinski definition) is 2. The third kappa shape index (κ3) is 6.46. The number of anilines is 1. The molecule has 0 aliphatic rings. The normalized spacial score (nSPS) is 10.4. The number of nitrogens with zero attached hydrogens (tertiary/aromatic N) is 1. The molecule has 2 rings (SSSR count). The van der Waals surface area contributed by atoms with Gasteiger partial charge in [-0.2, -0.15) is 0 Å². The molecule has 2 aromatic carbocycles. The fourth-order valence-electron chi connectivity index (χ4n) is 2.75. The van der Waals surface area contributed by atoms with Gasteiger partial charge in [0.05, 0.1) is 11.3 Å². The number of rotatable bonds is 7. The summed E-state index contributed by atoms with van der Waals surface area (Å²) < 4.78 is 0. The van der Waals surface area contributed by atoms with Gasteiger partial charge in [-0.3, -0.25) is 9.59 Å². The lowest BCUT2D eigenvalue weighted by Crippen LogP contribution is -2.41. The van der Waals surface area contributed by atoms with Gasteiger partial charge in [0.2, 0.25) is 5.91 Å². The molecule has 0 heterocycles. The van der Waals surface area contributed by atoms with Gasteiger partial charge in [-0.05, 0) is 42.3 Å². The van der Waals surface area contributed by atoms with Crippen LogP contribution in [0.25, 0.3) is 0 Å². The first kappa shape index (κ1) is 21.6. The molecular formula is C22H27N3O2S. The zero-order chi connectivity index (χ0) is 20.5. The fourth-order valence-corrected chi connectivity index (χ4v) is 2.96. The topological polar surface area (TPSA) is 61.4 Å². The number of nitrogens with one attached hydrogen (secondary N) is 2. The molecule has 0 unspecified atom stereocenters. The summed E-state index contributed by atoms with van der Waals surface area (Å²) in [6.07, 6.45) is 1.16. The van der Waals surface area contributed by atoms with Crippen LogP contribution in [-0.4, -0.2) is 30.5 Å². The van der Waals surface area contributed by atoms with E-state index >= 15 is 0 Å². The van der Waals surface area contributed by atoms with Crippen LogP contribution in [0.2, 0.25) is 0 Å². The Morgan fingerprint density at radius 2 is 1.68 bits per heavy atom. The Balaban J connectivity index is 2.01. The molecule has 2 amide bonds. The quantitative estimate of drug-likeness (QED) is 0.702. The lowest BCUT2D eigenvalue weighted by atomic mass is 10.1. The lowest BCUT2D eigenvalue weighted by molar-refractivity contribution is -0.120. The zero-order valence-electron chi connectivity index (χ0n) is 16.6. The van der Waals surface area contributed by atoms with Crippen LogP contribution in [0, 0.1) is 5.92 Å². The summed E-state index contributed by atoms with van der Waals surface area (Å²) in [5.74, 6) is -0.0536. The molecule has 0 radical (unpaired) electrons. The monoisotopic (exact) mass is 397 g/mol. The highest BCUT2D eigenvalue weighted by molar-refractivity contribution is 7.80. The molecule has 0 fully saturated rings. The van der Waals surface area contributed by atoms with E-state index < -0.39 is 0 Å². The third-order valence-electron chi connectivity index (χ3n) is 4.20. The van der Waals surface area contributed by atoms with Crippen molar-refractivity contribution in [1.29, 1.82) is 0 Å². The molecule has 5 nitrogen and oxygen atoms in total. The average molecular weight is 398 g/mol. The number of hydrogen-bond acceptors (Lipinski definition) is 3. The minimum absolute atomic E-state index is 0.128. The molecule has 0 saturated carbocycles. The van der Waals surface area contributed by atoms with Gasteiger partial charge in [-0.1, -0.05) is 56.3 Å². The van der Waals surface area contributed by atoms with Crippen LogP contribution in [0.4, 0.5) is 5.69 Å². The highest BCUT2D eigenvalue weighted by Crippen LogP contribution is 2.19. The maximum atomic E-state index is 12.7. The van der Waals surface area contributed by atoms with Crippen LogP contribution in [0.5, 0.6) is 0 Å². The van der Waals surface area contributed by atoms with E-state index in [0.29, 0.717) is 24.2 Å². The van der Waals surface area contributed by atoms with E-state index in [-0.39, 0.29) is 22.8 Å².